The number of rotatable bonds is 7. The number of amides is 2. The number of urea groups is 1. The molecule has 0 aliphatic carbocycles. The van der Waals surface area contributed by atoms with Crippen LogP contribution in [0.1, 0.15) is 31.7 Å². The Kier molecular flexibility index (Phi) is 6.45. The molecule has 1 aliphatic heterocycles. The van der Waals surface area contributed by atoms with Crippen LogP contribution in [0.4, 0.5) is 10.6 Å². The minimum absolute atomic E-state index is 0.154. The Bertz CT molecular complexity index is 475. The van der Waals surface area contributed by atoms with Gasteiger partial charge in [-0.25, -0.2) is 9.78 Å². The molecule has 122 valence electrons. The van der Waals surface area contributed by atoms with Gasteiger partial charge in [0, 0.05) is 39.0 Å². The van der Waals surface area contributed by atoms with E-state index in [1.54, 1.807) is 6.20 Å². The molecule has 2 amide bonds. The number of aliphatic hydroxyl groups excluding tert-OH is 1. The fourth-order valence-corrected chi connectivity index (χ4v) is 2.52. The van der Waals surface area contributed by atoms with Gasteiger partial charge in [0.25, 0.3) is 0 Å². The van der Waals surface area contributed by atoms with E-state index in [4.69, 9.17) is 5.11 Å². The number of aliphatic hydroxyl groups is 1. The van der Waals surface area contributed by atoms with Crippen molar-refractivity contribution in [3.8, 4) is 0 Å². The second kappa shape index (κ2) is 8.58. The zero-order valence-electron chi connectivity index (χ0n) is 13.2. The second-order valence-corrected chi connectivity index (χ2v) is 5.90. The van der Waals surface area contributed by atoms with Crippen molar-refractivity contribution in [1.29, 1.82) is 0 Å². The van der Waals surface area contributed by atoms with E-state index in [1.165, 1.54) is 12.8 Å². The van der Waals surface area contributed by atoms with Crippen LogP contribution < -0.4 is 15.5 Å². The number of pyridine rings is 1. The van der Waals surface area contributed by atoms with Gasteiger partial charge in [-0.3, -0.25) is 0 Å². The topological polar surface area (TPSA) is 77.5 Å². The Morgan fingerprint density at radius 2 is 2.18 bits per heavy atom. The van der Waals surface area contributed by atoms with Crippen LogP contribution in [0.3, 0.4) is 0 Å². The summed E-state index contributed by atoms with van der Waals surface area (Å²) >= 11 is 0. The van der Waals surface area contributed by atoms with Crippen LogP contribution in [-0.4, -0.2) is 42.4 Å². The minimum Gasteiger partial charge on any atom is -0.396 e. The lowest BCUT2D eigenvalue weighted by Crippen LogP contribution is -2.37. The van der Waals surface area contributed by atoms with Crippen LogP contribution >= 0.6 is 0 Å². The third kappa shape index (κ3) is 5.18. The van der Waals surface area contributed by atoms with Gasteiger partial charge in [0.2, 0.25) is 0 Å². The summed E-state index contributed by atoms with van der Waals surface area (Å²) < 4.78 is 0. The zero-order valence-corrected chi connectivity index (χ0v) is 13.2. The van der Waals surface area contributed by atoms with Crippen LogP contribution in [-0.2, 0) is 6.54 Å². The lowest BCUT2D eigenvalue weighted by atomic mass is 10.1. The van der Waals surface area contributed by atoms with Gasteiger partial charge in [-0.15, -0.1) is 0 Å². The number of anilines is 1. The summed E-state index contributed by atoms with van der Waals surface area (Å²) in [6.45, 7) is 5.34. The lowest BCUT2D eigenvalue weighted by Gasteiger charge is -2.17. The first kappa shape index (κ1) is 16.5. The van der Waals surface area contributed by atoms with E-state index in [9.17, 15) is 4.79 Å². The second-order valence-electron chi connectivity index (χ2n) is 5.90. The molecule has 1 fully saturated rings. The molecule has 1 atom stereocenters. The molecular weight excluding hydrogens is 280 g/mol. The van der Waals surface area contributed by atoms with E-state index in [-0.39, 0.29) is 18.6 Å². The molecule has 0 bridgehead atoms. The molecule has 1 aromatic heterocycles. The van der Waals surface area contributed by atoms with Gasteiger partial charge in [-0.2, -0.15) is 0 Å². The standard InChI is InChI=1S/C16H26N4O2/c1-13(5-9-21)11-18-16(22)19-12-14-4-6-17-15(10-14)20-7-2-3-8-20/h4,6,10,13,21H,2-3,5,7-9,11-12H2,1H3,(H2,18,19,22). The Hall–Kier alpha value is -1.82. The molecule has 0 saturated carbocycles. The van der Waals surface area contributed by atoms with Crippen LogP contribution in [0.25, 0.3) is 0 Å². The number of nitrogens with zero attached hydrogens (tertiary/aromatic N) is 2. The fraction of sp³-hybridized carbons (Fsp3) is 0.625. The predicted molar refractivity (Wildman–Crippen MR) is 86.8 cm³/mol. The average Bonchev–Trinajstić information content (AvgIpc) is 3.06. The van der Waals surface area contributed by atoms with Crippen molar-refractivity contribution in [3.63, 3.8) is 0 Å². The molecule has 1 aromatic rings. The normalized spacial score (nSPS) is 15.6. The van der Waals surface area contributed by atoms with Crippen LogP contribution in [0.15, 0.2) is 18.3 Å². The van der Waals surface area contributed by atoms with Gasteiger partial charge >= 0.3 is 6.03 Å². The smallest absolute Gasteiger partial charge is 0.315 e. The number of carbonyl (C=O) groups excluding carboxylic acids is 1. The highest BCUT2D eigenvalue weighted by Gasteiger charge is 2.13. The van der Waals surface area contributed by atoms with Crippen molar-refractivity contribution in [2.24, 2.45) is 5.92 Å². The molecule has 6 nitrogen and oxygen atoms in total. The molecule has 1 saturated heterocycles. The lowest BCUT2D eigenvalue weighted by molar-refractivity contribution is 0.233. The maximum atomic E-state index is 11.8. The average molecular weight is 306 g/mol. The van der Waals surface area contributed by atoms with Gasteiger partial charge < -0.3 is 20.6 Å². The summed E-state index contributed by atoms with van der Waals surface area (Å²) in [5.41, 5.74) is 1.05. The van der Waals surface area contributed by atoms with Crippen molar-refractivity contribution in [2.45, 2.75) is 32.7 Å². The summed E-state index contributed by atoms with van der Waals surface area (Å²) in [5.74, 6) is 1.27. The van der Waals surface area contributed by atoms with Crippen LogP contribution in [0, 0.1) is 5.92 Å². The first-order chi connectivity index (χ1) is 10.7. The van der Waals surface area contributed by atoms with E-state index >= 15 is 0 Å². The number of nitrogens with one attached hydrogen (secondary N) is 2. The molecule has 6 heteroatoms. The van der Waals surface area contributed by atoms with Crippen LogP contribution in [0.5, 0.6) is 0 Å². The maximum absolute atomic E-state index is 11.8. The maximum Gasteiger partial charge on any atom is 0.315 e. The van der Waals surface area contributed by atoms with Crippen molar-refractivity contribution in [2.75, 3.05) is 31.1 Å². The number of hydrogen-bond acceptors (Lipinski definition) is 4. The van der Waals surface area contributed by atoms with Gasteiger partial charge in [0.15, 0.2) is 0 Å². The Morgan fingerprint density at radius 3 is 2.91 bits per heavy atom. The van der Waals surface area contributed by atoms with Crippen molar-refractivity contribution < 1.29 is 9.90 Å². The number of aromatic nitrogens is 1. The van der Waals surface area contributed by atoms with Gasteiger partial charge in [-0.05, 0) is 42.9 Å². The molecule has 0 spiro atoms. The highest BCUT2D eigenvalue weighted by Crippen LogP contribution is 2.18. The van der Waals surface area contributed by atoms with Crippen molar-refractivity contribution >= 4 is 11.8 Å². The minimum atomic E-state index is -0.177. The monoisotopic (exact) mass is 306 g/mol. The zero-order chi connectivity index (χ0) is 15.8. The molecule has 2 rings (SSSR count). The quantitative estimate of drug-likeness (QED) is 0.713. The van der Waals surface area contributed by atoms with Crippen molar-refractivity contribution in [1.82, 2.24) is 15.6 Å². The molecular formula is C16H26N4O2. The summed E-state index contributed by atoms with van der Waals surface area (Å²) in [4.78, 5) is 18.4. The Labute approximate surface area is 131 Å². The molecule has 3 N–H and O–H groups in total. The third-order valence-corrected chi connectivity index (χ3v) is 3.93. The van der Waals surface area contributed by atoms with Gasteiger partial charge in [0.1, 0.15) is 5.82 Å². The molecule has 22 heavy (non-hydrogen) atoms. The van der Waals surface area contributed by atoms with Gasteiger partial charge in [-0.1, -0.05) is 6.92 Å². The van der Waals surface area contributed by atoms with E-state index in [2.05, 4.69) is 20.5 Å². The summed E-state index contributed by atoms with van der Waals surface area (Å²) in [5, 5.41) is 14.5. The Morgan fingerprint density at radius 1 is 1.41 bits per heavy atom. The van der Waals surface area contributed by atoms with E-state index in [1.807, 2.05) is 19.1 Å². The van der Waals surface area contributed by atoms with E-state index < -0.39 is 0 Å². The highest BCUT2D eigenvalue weighted by molar-refractivity contribution is 5.73. The fourth-order valence-electron chi connectivity index (χ4n) is 2.52. The SMILES string of the molecule is CC(CCO)CNC(=O)NCc1ccnc(N2CCCC2)c1. The molecule has 0 aromatic carbocycles. The predicted octanol–water partition coefficient (Wildman–Crippen LogP) is 1.50. The summed E-state index contributed by atoms with van der Waals surface area (Å²) in [6.07, 6.45) is 4.94. The first-order valence-electron chi connectivity index (χ1n) is 8.01. The molecule has 1 unspecified atom stereocenters. The number of carbonyl (C=O) groups is 1. The molecule has 2 heterocycles. The summed E-state index contributed by atoms with van der Waals surface area (Å²) in [6, 6.07) is 3.79. The molecule has 1 aliphatic rings. The van der Waals surface area contributed by atoms with E-state index in [0.29, 0.717) is 19.5 Å². The van der Waals surface area contributed by atoms with E-state index in [0.717, 1.165) is 24.5 Å². The first-order valence-corrected chi connectivity index (χ1v) is 8.01. The Balaban J connectivity index is 1.76. The third-order valence-electron chi connectivity index (χ3n) is 3.93. The van der Waals surface area contributed by atoms with Crippen LogP contribution in [0.2, 0.25) is 0 Å². The van der Waals surface area contributed by atoms with Gasteiger partial charge in [0.05, 0.1) is 0 Å². The molecule has 0 radical (unpaired) electrons. The number of hydrogen-bond donors (Lipinski definition) is 3. The van der Waals surface area contributed by atoms with Crippen molar-refractivity contribution in [3.05, 3.63) is 23.9 Å². The largest absolute Gasteiger partial charge is 0.396 e. The summed E-state index contributed by atoms with van der Waals surface area (Å²) in [7, 11) is 0. The highest BCUT2D eigenvalue weighted by atomic mass is 16.3.